The molecule has 1 aliphatic rings. The fraction of sp³-hybridized carbons (Fsp3) is 0.368. The first-order valence-electron chi connectivity index (χ1n) is 8.90. The van der Waals surface area contributed by atoms with Gasteiger partial charge in [0, 0.05) is 25.2 Å². The van der Waals surface area contributed by atoms with Gasteiger partial charge in [-0.05, 0) is 49.2 Å². The van der Waals surface area contributed by atoms with Crippen molar-refractivity contribution < 1.29 is 22.7 Å². The molecule has 0 radical (unpaired) electrons. The predicted octanol–water partition coefficient (Wildman–Crippen LogP) is 2.14. The van der Waals surface area contributed by atoms with E-state index < -0.39 is 10.0 Å². The maximum atomic E-state index is 12.8. The number of piperidine rings is 1. The van der Waals surface area contributed by atoms with Gasteiger partial charge in [0.15, 0.2) is 0 Å². The number of anilines is 1. The fourth-order valence-electron chi connectivity index (χ4n) is 3.14. The lowest BCUT2D eigenvalue weighted by Gasteiger charge is -2.30. The van der Waals surface area contributed by atoms with Gasteiger partial charge in [0.25, 0.3) is 0 Å². The summed E-state index contributed by atoms with van der Waals surface area (Å²) in [5, 5.41) is 2.82. The zero-order chi connectivity index (χ0) is 20.1. The van der Waals surface area contributed by atoms with Crippen LogP contribution in [0, 0.1) is 5.92 Å². The summed E-state index contributed by atoms with van der Waals surface area (Å²) < 4.78 is 37.2. The second-order valence-corrected chi connectivity index (χ2v) is 8.34. The van der Waals surface area contributed by atoms with Crippen molar-refractivity contribution in [3.63, 3.8) is 0 Å². The maximum Gasteiger partial charge on any atom is 0.243 e. The quantitative estimate of drug-likeness (QED) is 0.791. The van der Waals surface area contributed by atoms with Crippen molar-refractivity contribution in [1.29, 1.82) is 0 Å². The van der Waals surface area contributed by atoms with Crippen molar-refractivity contribution in [2.75, 3.05) is 32.6 Å². The third-order valence-corrected chi connectivity index (χ3v) is 6.66. The van der Waals surface area contributed by atoms with Gasteiger partial charge >= 0.3 is 0 Å². The minimum atomic E-state index is -3.59. The van der Waals surface area contributed by atoms with E-state index in [1.807, 2.05) is 0 Å². The van der Waals surface area contributed by atoms with Gasteiger partial charge in [0.2, 0.25) is 21.8 Å². The van der Waals surface area contributed by atoms with Crippen molar-refractivity contribution in [1.82, 2.24) is 9.29 Å². The fourth-order valence-corrected chi connectivity index (χ4v) is 4.61. The largest absolute Gasteiger partial charge is 0.497 e. The number of benzene rings is 1. The second-order valence-electron chi connectivity index (χ2n) is 6.40. The summed E-state index contributed by atoms with van der Waals surface area (Å²) >= 11 is 0. The molecule has 1 saturated heterocycles. The topological polar surface area (TPSA) is 97.8 Å². The number of hydrogen-bond donors (Lipinski definition) is 1. The van der Waals surface area contributed by atoms with Crippen LogP contribution in [0.5, 0.6) is 11.6 Å². The van der Waals surface area contributed by atoms with E-state index in [0.717, 1.165) is 0 Å². The second kappa shape index (κ2) is 8.57. The standard InChI is InChI=1S/C19H23N3O5S/c1-26-15-5-7-16(8-6-15)28(24,25)22-12-9-14(10-13-22)18(23)21-17-4-3-11-20-19(17)27-2/h3-8,11,14H,9-10,12-13H2,1-2H3,(H,21,23). The first-order chi connectivity index (χ1) is 13.5. The van der Waals surface area contributed by atoms with Gasteiger partial charge in [-0.25, -0.2) is 13.4 Å². The average Bonchev–Trinajstić information content (AvgIpc) is 2.74. The predicted molar refractivity (Wildman–Crippen MR) is 104 cm³/mol. The number of nitrogens with one attached hydrogen (secondary N) is 1. The van der Waals surface area contributed by atoms with Crippen LogP contribution in [-0.4, -0.2) is 50.9 Å². The number of carbonyl (C=O) groups is 1. The summed E-state index contributed by atoms with van der Waals surface area (Å²) in [6.45, 7) is 0.577. The molecule has 0 bridgehead atoms. The van der Waals surface area contributed by atoms with Gasteiger partial charge < -0.3 is 14.8 Å². The molecule has 0 aliphatic carbocycles. The normalized spacial score (nSPS) is 15.8. The molecule has 2 aromatic rings. The maximum absolute atomic E-state index is 12.8. The Morgan fingerprint density at radius 3 is 2.39 bits per heavy atom. The van der Waals surface area contributed by atoms with Crippen LogP contribution in [0.15, 0.2) is 47.5 Å². The molecule has 1 amide bonds. The molecule has 0 saturated carbocycles. The third-order valence-electron chi connectivity index (χ3n) is 4.74. The molecule has 0 spiro atoms. The number of ether oxygens (including phenoxy) is 2. The van der Waals surface area contributed by atoms with Crippen LogP contribution in [0.2, 0.25) is 0 Å². The number of amides is 1. The number of sulfonamides is 1. The first kappa shape index (κ1) is 20.1. The zero-order valence-corrected chi connectivity index (χ0v) is 16.6. The Bertz CT molecular complexity index is 923. The Kier molecular flexibility index (Phi) is 6.15. The van der Waals surface area contributed by atoms with E-state index >= 15 is 0 Å². The Labute approximate surface area is 164 Å². The highest BCUT2D eigenvalue weighted by Crippen LogP contribution is 2.27. The molecule has 28 heavy (non-hydrogen) atoms. The Balaban J connectivity index is 1.62. The SMILES string of the molecule is COc1ccc(S(=O)(=O)N2CCC(C(=O)Nc3cccnc3OC)CC2)cc1. The lowest BCUT2D eigenvalue weighted by molar-refractivity contribution is -0.120. The minimum Gasteiger partial charge on any atom is -0.497 e. The van der Waals surface area contributed by atoms with Gasteiger partial charge in [0.1, 0.15) is 11.4 Å². The monoisotopic (exact) mass is 405 g/mol. The molecule has 150 valence electrons. The van der Waals surface area contributed by atoms with Crippen LogP contribution in [0.3, 0.4) is 0 Å². The number of carbonyl (C=O) groups excluding carboxylic acids is 1. The summed E-state index contributed by atoms with van der Waals surface area (Å²) in [5.74, 6) is 0.510. The van der Waals surface area contributed by atoms with E-state index in [1.54, 1.807) is 30.5 Å². The number of methoxy groups -OCH3 is 2. The number of hydrogen-bond acceptors (Lipinski definition) is 6. The molecule has 9 heteroatoms. The van der Waals surface area contributed by atoms with Crippen molar-refractivity contribution >= 4 is 21.6 Å². The van der Waals surface area contributed by atoms with Crippen LogP contribution >= 0.6 is 0 Å². The van der Waals surface area contributed by atoms with Crippen LogP contribution in [-0.2, 0) is 14.8 Å². The average molecular weight is 405 g/mol. The molecular weight excluding hydrogens is 382 g/mol. The molecule has 1 aromatic heterocycles. The highest BCUT2D eigenvalue weighted by atomic mass is 32.2. The lowest BCUT2D eigenvalue weighted by atomic mass is 9.97. The summed E-state index contributed by atoms with van der Waals surface area (Å²) in [4.78, 5) is 16.8. The van der Waals surface area contributed by atoms with Crippen molar-refractivity contribution in [3.8, 4) is 11.6 Å². The summed E-state index contributed by atoms with van der Waals surface area (Å²) in [6, 6.07) is 9.72. The van der Waals surface area contributed by atoms with Crippen molar-refractivity contribution in [2.24, 2.45) is 5.92 Å². The van der Waals surface area contributed by atoms with Crippen molar-refractivity contribution in [3.05, 3.63) is 42.6 Å². The molecule has 1 N–H and O–H groups in total. The zero-order valence-electron chi connectivity index (χ0n) is 15.8. The number of rotatable bonds is 6. The van der Waals surface area contributed by atoms with Crippen LogP contribution in [0.4, 0.5) is 5.69 Å². The van der Waals surface area contributed by atoms with Gasteiger partial charge in [-0.3, -0.25) is 4.79 Å². The van der Waals surface area contributed by atoms with E-state index in [1.165, 1.54) is 30.7 Å². The first-order valence-corrected chi connectivity index (χ1v) is 10.3. The van der Waals surface area contributed by atoms with E-state index in [0.29, 0.717) is 30.2 Å². The van der Waals surface area contributed by atoms with Crippen molar-refractivity contribution in [2.45, 2.75) is 17.7 Å². The van der Waals surface area contributed by atoms with Crippen LogP contribution < -0.4 is 14.8 Å². The highest BCUT2D eigenvalue weighted by molar-refractivity contribution is 7.89. The Morgan fingerprint density at radius 2 is 1.79 bits per heavy atom. The number of nitrogens with zero attached hydrogens (tertiary/aromatic N) is 2. The summed E-state index contributed by atoms with van der Waals surface area (Å²) in [7, 11) is -0.575. The van der Waals surface area contributed by atoms with Crippen LogP contribution in [0.1, 0.15) is 12.8 Å². The molecule has 0 unspecified atom stereocenters. The Hall–Kier alpha value is -2.65. The molecule has 2 heterocycles. The number of pyridine rings is 1. The minimum absolute atomic E-state index is 0.159. The lowest BCUT2D eigenvalue weighted by Crippen LogP contribution is -2.41. The van der Waals surface area contributed by atoms with Gasteiger partial charge in [-0.15, -0.1) is 0 Å². The summed E-state index contributed by atoms with van der Waals surface area (Å²) in [5.41, 5.74) is 0.503. The molecule has 8 nitrogen and oxygen atoms in total. The highest BCUT2D eigenvalue weighted by Gasteiger charge is 2.32. The molecule has 3 rings (SSSR count). The van der Waals surface area contributed by atoms with E-state index in [-0.39, 0.29) is 29.8 Å². The Morgan fingerprint density at radius 1 is 1.11 bits per heavy atom. The molecule has 0 atom stereocenters. The van der Waals surface area contributed by atoms with Gasteiger partial charge in [-0.2, -0.15) is 4.31 Å². The van der Waals surface area contributed by atoms with Gasteiger partial charge in [0.05, 0.1) is 19.1 Å². The molecular formula is C19H23N3O5S. The molecule has 1 fully saturated rings. The van der Waals surface area contributed by atoms with E-state index in [4.69, 9.17) is 9.47 Å². The molecule has 1 aliphatic heterocycles. The smallest absolute Gasteiger partial charge is 0.243 e. The third kappa shape index (κ3) is 4.26. The molecule has 1 aromatic carbocycles. The van der Waals surface area contributed by atoms with Crippen LogP contribution in [0.25, 0.3) is 0 Å². The van der Waals surface area contributed by atoms with E-state index in [9.17, 15) is 13.2 Å². The summed E-state index contributed by atoms with van der Waals surface area (Å²) in [6.07, 6.45) is 2.48. The number of aromatic nitrogens is 1. The van der Waals surface area contributed by atoms with E-state index in [2.05, 4.69) is 10.3 Å². The van der Waals surface area contributed by atoms with Gasteiger partial charge in [-0.1, -0.05) is 0 Å².